The van der Waals surface area contributed by atoms with Crippen LogP contribution in [0.15, 0.2) is 60.7 Å². The number of nitrogens with zero attached hydrogens (tertiary/aromatic N) is 2. The molecule has 0 unspecified atom stereocenters. The van der Waals surface area contributed by atoms with Crippen molar-refractivity contribution in [3.05, 3.63) is 77.6 Å². The van der Waals surface area contributed by atoms with Crippen molar-refractivity contribution in [3.8, 4) is 0 Å². The van der Waals surface area contributed by atoms with E-state index < -0.39 is 6.61 Å². The van der Waals surface area contributed by atoms with Crippen molar-refractivity contribution in [2.45, 2.75) is 18.8 Å². The molecule has 0 saturated carbocycles. The summed E-state index contributed by atoms with van der Waals surface area (Å²) in [4.78, 5) is 29.9. The first-order valence-electron chi connectivity index (χ1n) is 9.46. The average molecular weight is 376 g/mol. The molecule has 1 aliphatic rings. The van der Waals surface area contributed by atoms with Crippen LogP contribution in [0.1, 0.15) is 35.7 Å². The number of carbonyl (C=O) groups is 2. The van der Waals surface area contributed by atoms with Crippen molar-refractivity contribution >= 4 is 23.8 Å². The second-order valence-electron chi connectivity index (χ2n) is 6.79. The van der Waals surface area contributed by atoms with Crippen LogP contribution >= 0.6 is 0 Å². The third-order valence-corrected chi connectivity index (χ3v) is 4.86. The number of rotatable bonds is 6. The number of hydrogen-bond acceptors (Lipinski definition) is 4. The molecule has 1 N–H and O–H groups in total. The molecule has 0 atom stereocenters. The van der Waals surface area contributed by atoms with Gasteiger partial charge in [-0.2, -0.15) is 0 Å². The standard InChI is InChI=1S/C23H24N2O3/c26-17-22(27)11-9-20-7-4-8-21(24-20)10-12-23(28)25-15-13-19(14-16-25)18-5-2-1-3-6-18/h1-12,19,26H,13-17H2/b11-9+,12-10+. The monoisotopic (exact) mass is 376 g/mol. The molecule has 28 heavy (non-hydrogen) atoms. The SMILES string of the molecule is O=C(/C=C/c1cccc(/C=C/C(=O)N2CCC(c3ccccc3)CC2)n1)CO. The van der Waals surface area contributed by atoms with Gasteiger partial charge in [0.25, 0.3) is 0 Å². The molecule has 5 nitrogen and oxygen atoms in total. The summed E-state index contributed by atoms with van der Waals surface area (Å²) in [6, 6.07) is 15.8. The van der Waals surface area contributed by atoms with Crippen LogP contribution in [0.3, 0.4) is 0 Å². The lowest BCUT2D eigenvalue weighted by Crippen LogP contribution is -2.36. The first-order valence-corrected chi connectivity index (χ1v) is 9.46. The minimum Gasteiger partial charge on any atom is -0.388 e. The number of hydrogen-bond donors (Lipinski definition) is 1. The predicted molar refractivity (Wildman–Crippen MR) is 109 cm³/mol. The zero-order valence-electron chi connectivity index (χ0n) is 15.7. The molecule has 0 spiro atoms. The Kier molecular flexibility index (Phi) is 6.87. The number of piperidine rings is 1. The zero-order valence-corrected chi connectivity index (χ0v) is 15.7. The minimum absolute atomic E-state index is 0.00952. The maximum absolute atomic E-state index is 12.5. The van der Waals surface area contributed by atoms with E-state index in [2.05, 4.69) is 29.2 Å². The molecule has 5 heteroatoms. The van der Waals surface area contributed by atoms with Gasteiger partial charge in [0.15, 0.2) is 5.78 Å². The van der Waals surface area contributed by atoms with Gasteiger partial charge in [-0.3, -0.25) is 9.59 Å². The zero-order chi connectivity index (χ0) is 19.8. The predicted octanol–water partition coefficient (Wildman–Crippen LogP) is 3.08. The Morgan fingerprint density at radius 3 is 2.25 bits per heavy atom. The molecule has 0 bridgehead atoms. The van der Waals surface area contributed by atoms with Gasteiger partial charge in [0.1, 0.15) is 6.61 Å². The summed E-state index contributed by atoms with van der Waals surface area (Å²) in [5, 5.41) is 8.74. The van der Waals surface area contributed by atoms with Gasteiger partial charge in [-0.1, -0.05) is 36.4 Å². The summed E-state index contributed by atoms with van der Waals surface area (Å²) in [5.74, 6) is 0.127. The van der Waals surface area contributed by atoms with Gasteiger partial charge in [-0.15, -0.1) is 0 Å². The van der Waals surface area contributed by atoms with Gasteiger partial charge < -0.3 is 10.0 Å². The highest BCUT2D eigenvalue weighted by molar-refractivity contribution is 5.94. The molecule has 2 aromatic rings. The Balaban J connectivity index is 1.56. The van der Waals surface area contributed by atoms with Crippen molar-refractivity contribution in [3.63, 3.8) is 0 Å². The quantitative estimate of drug-likeness (QED) is 0.787. The minimum atomic E-state index is -0.522. The maximum Gasteiger partial charge on any atom is 0.246 e. The molecule has 1 saturated heterocycles. The van der Waals surface area contributed by atoms with Crippen molar-refractivity contribution in [2.75, 3.05) is 19.7 Å². The number of aliphatic hydroxyl groups excluding tert-OH is 1. The number of likely N-dealkylation sites (tertiary alicyclic amines) is 1. The molecule has 1 aromatic carbocycles. The lowest BCUT2D eigenvalue weighted by molar-refractivity contribution is -0.127. The van der Waals surface area contributed by atoms with Crippen molar-refractivity contribution < 1.29 is 14.7 Å². The van der Waals surface area contributed by atoms with E-state index in [4.69, 9.17) is 5.11 Å². The number of aromatic nitrogens is 1. The van der Waals surface area contributed by atoms with Crippen LogP contribution in [0.5, 0.6) is 0 Å². The number of carbonyl (C=O) groups excluding carboxylic acids is 2. The fourth-order valence-corrected chi connectivity index (χ4v) is 3.31. The fraction of sp³-hybridized carbons (Fsp3) is 0.261. The van der Waals surface area contributed by atoms with Crippen LogP contribution in [-0.2, 0) is 9.59 Å². The van der Waals surface area contributed by atoms with Crippen LogP contribution in [0.25, 0.3) is 12.2 Å². The molecule has 144 valence electrons. The Bertz CT molecular complexity index is 866. The molecule has 1 aromatic heterocycles. The lowest BCUT2D eigenvalue weighted by atomic mass is 9.89. The summed E-state index contributed by atoms with van der Waals surface area (Å²) >= 11 is 0. The Labute approximate surface area is 165 Å². The first-order chi connectivity index (χ1) is 13.7. The average Bonchev–Trinajstić information content (AvgIpc) is 2.76. The normalized spacial score (nSPS) is 15.4. The van der Waals surface area contributed by atoms with E-state index >= 15 is 0 Å². The van der Waals surface area contributed by atoms with Crippen LogP contribution < -0.4 is 0 Å². The third-order valence-electron chi connectivity index (χ3n) is 4.86. The van der Waals surface area contributed by atoms with Crippen LogP contribution in [-0.4, -0.2) is 46.4 Å². The number of pyridine rings is 1. The van der Waals surface area contributed by atoms with Gasteiger partial charge in [0, 0.05) is 19.2 Å². The maximum atomic E-state index is 12.5. The van der Waals surface area contributed by atoms with E-state index in [9.17, 15) is 9.59 Å². The van der Waals surface area contributed by atoms with Gasteiger partial charge in [-0.25, -0.2) is 4.98 Å². The number of ketones is 1. The van der Waals surface area contributed by atoms with Crippen LogP contribution in [0, 0.1) is 0 Å². The molecular formula is C23H24N2O3. The van der Waals surface area contributed by atoms with Crippen molar-refractivity contribution in [2.24, 2.45) is 0 Å². The summed E-state index contributed by atoms with van der Waals surface area (Å²) in [6.45, 7) is 0.982. The van der Waals surface area contributed by atoms with E-state index in [0.717, 1.165) is 25.9 Å². The number of benzene rings is 1. The molecule has 3 rings (SSSR count). The van der Waals surface area contributed by atoms with Gasteiger partial charge in [0.05, 0.1) is 11.4 Å². The fourth-order valence-electron chi connectivity index (χ4n) is 3.31. The van der Waals surface area contributed by atoms with E-state index in [1.807, 2.05) is 17.0 Å². The Morgan fingerprint density at radius 2 is 1.61 bits per heavy atom. The molecule has 1 aliphatic heterocycles. The number of aliphatic hydroxyl groups is 1. The molecule has 2 heterocycles. The second kappa shape index (κ2) is 9.76. The Morgan fingerprint density at radius 1 is 0.964 bits per heavy atom. The molecule has 1 fully saturated rings. The van der Waals surface area contributed by atoms with Gasteiger partial charge in [-0.05, 0) is 54.7 Å². The van der Waals surface area contributed by atoms with Crippen LogP contribution in [0.4, 0.5) is 0 Å². The topological polar surface area (TPSA) is 70.5 Å². The lowest BCUT2D eigenvalue weighted by Gasteiger charge is -2.31. The summed E-state index contributed by atoms with van der Waals surface area (Å²) in [7, 11) is 0. The van der Waals surface area contributed by atoms with E-state index in [1.54, 1.807) is 30.4 Å². The summed E-state index contributed by atoms with van der Waals surface area (Å²) < 4.78 is 0. The molecule has 0 aliphatic carbocycles. The number of amides is 1. The summed E-state index contributed by atoms with van der Waals surface area (Å²) in [5.41, 5.74) is 2.59. The van der Waals surface area contributed by atoms with E-state index in [1.165, 1.54) is 11.6 Å². The molecular weight excluding hydrogens is 352 g/mol. The Hall–Kier alpha value is -3.05. The largest absolute Gasteiger partial charge is 0.388 e. The highest BCUT2D eigenvalue weighted by Crippen LogP contribution is 2.27. The molecule has 0 radical (unpaired) electrons. The van der Waals surface area contributed by atoms with Gasteiger partial charge >= 0.3 is 0 Å². The van der Waals surface area contributed by atoms with Crippen molar-refractivity contribution in [1.29, 1.82) is 0 Å². The van der Waals surface area contributed by atoms with E-state index in [-0.39, 0.29) is 11.7 Å². The van der Waals surface area contributed by atoms with E-state index in [0.29, 0.717) is 17.3 Å². The van der Waals surface area contributed by atoms with Gasteiger partial charge in [0.2, 0.25) is 5.91 Å². The second-order valence-corrected chi connectivity index (χ2v) is 6.79. The third kappa shape index (κ3) is 5.47. The summed E-state index contributed by atoms with van der Waals surface area (Å²) in [6.07, 6.45) is 8.03. The first kappa shape index (κ1) is 19.7. The van der Waals surface area contributed by atoms with Crippen LogP contribution in [0.2, 0.25) is 0 Å². The smallest absolute Gasteiger partial charge is 0.246 e. The molecule has 1 amide bonds. The highest BCUT2D eigenvalue weighted by atomic mass is 16.3. The highest BCUT2D eigenvalue weighted by Gasteiger charge is 2.22. The van der Waals surface area contributed by atoms with Crippen molar-refractivity contribution in [1.82, 2.24) is 9.88 Å².